The van der Waals surface area contributed by atoms with Crippen LogP contribution in [0.4, 0.5) is 9.18 Å². The van der Waals surface area contributed by atoms with E-state index in [0.717, 1.165) is 17.1 Å². The molecular weight excluding hydrogens is 367 g/mol. The minimum atomic E-state index is -0.449. The number of furan rings is 1. The van der Waals surface area contributed by atoms with Gasteiger partial charge in [0.15, 0.2) is 5.58 Å². The number of carbonyl (C=O) groups is 2. The monoisotopic (exact) mass is 378 g/mol. The lowest BCUT2D eigenvalue weighted by atomic mass is 10.1. The second-order valence-corrected chi connectivity index (χ2v) is 6.84. The van der Waals surface area contributed by atoms with Gasteiger partial charge in [-0.3, -0.25) is 19.9 Å². The zero-order chi connectivity index (χ0) is 19.0. The molecule has 0 saturated carbocycles. The molecule has 1 N–H and O–H groups in total. The summed E-state index contributed by atoms with van der Waals surface area (Å²) >= 11 is 0.820. The van der Waals surface area contributed by atoms with Crippen molar-refractivity contribution in [2.45, 2.75) is 6.92 Å². The van der Waals surface area contributed by atoms with Crippen LogP contribution in [0.5, 0.6) is 0 Å². The van der Waals surface area contributed by atoms with Gasteiger partial charge in [0.25, 0.3) is 11.1 Å². The fourth-order valence-corrected chi connectivity index (χ4v) is 3.22. The van der Waals surface area contributed by atoms with E-state index in [2.05, 4.69) is 22.1 Å². The van der Waals surface area contributed by atoms with Crippen LogP contribution in [0.15, 0.2) is 46.0 Å². The summed E-state index contributed by atoms with van der Waals surface area (Å²) in [6, 6.07) is 6.37. The molecule has 0 radical (unpaired) electrons. The van der Waals surface area contributed by atoms with Gasteiger partial charge in [-0.1, -0.05) is 11.8 Å². The molecule has 7 heteroatoms. The molecular formula is C20H11FN2O3S. The van der Waals surface area contributed by atoms with E-state index < -0.39 is 11.1 Å². The predicted molar refractivity (Wildman–Crippen MR) is 100 cm³/mol. The molecule has 3 aromatic rings. The fraction of sp³-hybridized carbons (Fsp3) is 0.0500. The molecule has 4 rings (SSSR count). The maximum atomic E-state index is 13.4. The van der Waals surface area contributed by atoms with E-state index in [0.29, 0.717) is 28.0 Å². The predicted octanol–water partition coefficient (Wildman–Crippen LogP) is 4.00. The van der Waals surface area contributed by atoms with Gasteiger partial charge in [-0.2, -0.15) is 0 Å². The summed E-state index contributed by atoms with van der Waals surface area (Å²) in [5.41, 5.74) is 2.29. The van der Waals surface area contributed by atoms with Crippen molar-refractivity contribution in [2.75, 3.05) is 0 Å². The van der Waals surface area contributed by atoms with Gasteiger partial charge in [0.05, 0.1) is 10.5 Å². The van der Waals surface area contributed by atoms with E-state index in [-0.39, 0.29) is 10.7 Å². The van der Waals surface area contributed by atoms with Gasteiger partial charge in [-0.25, -0.2) is 4.39 Å². The Kier molecular flexibility index (Phi) is 4.26. The zero-order valence-corrected chi connectivity index (χ0v) is 14.8. The van der Waals surface area contributed by atoms with E-state index in [1.165, 1.54) is 12.1 Å². The molecule has 27 heavy (non-hydrogen) atoms. The van der Waals surface area contributed by atoms with E-state index >= 15 is 0 Å². The standard InChI is InChI=1S/C20H11FN2O3S/c1-11-6-12(3-5-16(11)21)2-4-13-9-22-10-14-7-15(26-18(13)14)8-17-19(24)23-20(25)27-17/h3,5-10H,1H3,(H,23,24,25)/b17-8-. The summed E-state index contributed by atoms with van der Waals surface area (Å²) in [7, 11) is 0. The number of hydrogen-bond acceptors (Lipinski definition) is 5. The molecule has 1 aliphatic rings. The van der Waals surface area contributed by atoms with Gasteiger partial charge in [0, 0.05) is 29.4 Å². The van der Waals surface area contributed by atoms with E-state index in [4.69, 9.17) is 4.42 Å². The minimum Gasteiger partial charge on any atom is -0.455 e. The number of imide groups is 1. The highest BCUT2D eigenvalue weighted by Crippen LogP contribution is 2.28. The first-order chi connectivity index (χ1) is 13.0. The third kappa shape index (κ3) is 3.48. The first kappa shape index (κ1) is 17.1. The van der Waals surface area contributed by atoms with Crippen molar-refractivity contribution in [3.05, 3.63) is 69.8 Å². The Morgan fingerprint density at radius 3 is 2.81 bits per heavy atom. The van der Waals surface area contributed by atoms with Crippen LogP contribution in [0.2, 0.25) is 0 Å². The van der Waals surface area contributed by atoms with Gasteiger partial charge in [0.1, 0.15) is 11.6 Å². The van der Waals surface area contributed by atoms with Crippen molar-refractivity contribution < 1.29 is 18.4 Å². The van der Waals surface area contributed by atoms with E-state index in [1.807, 2.05) is 0 Å². The molecule has 3 heterocycles. The lowest BCUT2D eigenvalue weighted by Gasteiger charge is -1.96. The van der Waals surface area contributed by atoms with Crippen LogP contribution in [-0.4, -0.2) is 16.1 Å². The Hall–Kier alpha value is -3.37. The maximum Gasteiger partial charge on any atom is 0.290 e. The number of aryl methyl sites for hydroxylation is 1. The van der Waals surface area contributed by atoms with Crippen LogP contribution < -0.4 is 5.32 Å². The van der Waals surface area contributed by atoms with Gasteiger partial charge in [-0.05, 0) is 48.5 Å². The van der Waals surface area contributed by atoms with Crippen molar-refractivity contribution in [1.29, 1.82) is 0 Å². The van der Waals surface area contributed by atoms with Crippen LogP contribution in [-0.2, 0) is 4.79 Å². The first-order valence-corrected chi connectivity index (χ1v) is 8.72. The van der Waals surface area contributed by atoms with Crippen LogP contribution in [0.25, 0.3) is 17.0 Å². The van der Waals surface area contributed by atoms with E-state index in [1.54, 1.807) is 37.5 Å². The largest absolute Gasteiger partial charge is 0.455 e. The summed E-state index contributed by atoms with van der Waals surface area (Å²) in [6.45, 7) is 1.68. The Bertz CT molecular complexity index is 1200. The topological polar surface area (TPSA) is 72.2 Å². The lowest BCUT2D eigenvalue weighted by molar-refractivity contribution is -0.115. The summed E-state index contributed by atoms with van der Waals surface area (Å²) in [5.74, 6) is 5.65. The number of fused-ring (bicyclic) bond motifs is 1. The maximum absolute atomic E-state index is 13.4. The number of thioether (sulfide) groups is 1. The molecule has 1 saturated heterocycles. The third-order valence-electron chi connectivity index (χ3n) is 3.86. The normalized spacial score (nSPS) is 15.1. The third-order valence-corrected chi connectivity index (χ3v) is 4.67. The summed E-state index contributed by atoms with van der Waals surface area (Å²) in [6.07, 6.45) is 4.71. The van der Waals surface area contributed by atoms with Gasteiger partial charge < -0.3 is 4.42 Å². The van der Waals surface area contributed by atoms with Crippen molar-refractivity contribution in [1.82, 2.24) is 10.3 Å². The van der Waals surface area contributed by atoms with Crippen LogP contribution in [0.3, 0.4) is 0 Å². The highest BCUT2D eigenvalue weighted by Gasteiger charge is 2.25. The van der Waals surface area contributed by atoms with Crippen molar-refractivity contribution in [3.8, 4) is 11.8 Å². The number of amides is 2. The molecule has 2 aromatic heterocycles. The van der Waals surface area contributed by atoms with Gasteiger partial charge in [0.2, 0.25) is 0 Å². The molecule has 0 spiro atoms. The summed E-state index contributed by atoms with van der Waals surface area (Å²) < 4.78 is 19.2. The smallest absolute Gasteiger partial charge is 0.290 e. The number of aromatic nitrogens is 1. The molecule has 1 aliphatic heterocycles. The molecule has 2 amide bonds. The minimum absolute atomic E-state index is 0.265. The van der Waals surface area contributed by atoms with Crippen LogP contribution in [0.1, 0.15) is 22.5 Å². The van der Waals surface area contributed by atoms with Crippen molar-refractivity contribution in [3.63, 3.8) is 0 Å². The highest BCUT2D eigenvalue weighted by molar-refractivity contribution is 8.18. The molecule has 0 bridgehead atoms. The SMILES string of the molecule is Cc1cc(C#Cc2cncc3cc(/C=C4\SC(=O)NC4=O)oc23)ccc1F. The number of pyridine rings is 1. The van der Waals surface area contributed by atoms with Crippen molar-refractivity contribution in [2.24, 2.45) is 0 Å². The zero-order valence-electron chi connectivity index (χ0n) is 14.0. The lowest BCUT2D eigenvalue weighted by Crippen LogP contribution is -2.17. The molecule has 0 atom stereocenters. The molecule has 132 valence electrons. The number of nitrogens with one attached hydrogen (secondary N) is 1. The Balaban J connectivity index is 1.71. The van der Waals surface area contributed by atoms with E-state index in [9.17, 15) is 14.0 Å². The molecule has 0 aliphatic carbocycles. The average Bonchev–Trinajstić information content (AvgIpc) is 3.18. The Morgan fingerprint density at radius 1 is 1.22 bits per heavy atom. The fourth-order valence-electron chi connectivity index (χ4n) is 2.55. The molecule has 1 aromatic carbocycles. The molecule has 0 unspecified atom stereocenters. The molecule has 1 fully saturated rings. The highest BCUT2D eigenvalue weighted by atomic mass is 32.2. The second-order valence-electron chi connectivity index (χ2n) is 5.82. The average molecular weight is 378 g/mol. The second kappa shape index (κ2) is 6.74. The molecule has 5 nitrogen and oxygen atoms in total. The quantitative estimate of drug-likeness (QED) is 0.512. The summed E-state index contributed by atoms with van der Waals surface area (Å²) in [5, 5.41) is 2.50. The van der Waals surface area contributed by atoms with Crippen LogP contribution >= 0.6 is 11.8 Å². The van der Waals surface area contributed by atoms with Crippen molar-refractivity contribution >= 4 is 40.0 Å². The van der Waals surface area contributed by atoms with Gasteiger partial charge in [-0.15, -0.1) is 0 Å². The Labute approximate surface area is 157 Å². The number of rotatable bonds is 1. The number of nitrogens with zero attached hydrogens (tertiary/aromatic N) is 1. The summed E-state index contributed by atoms with van der Waals surface area (Å²) in [4.78, 5) is 27.3. The first-order valence-electron chi connectivity index (χ1n) is 7.90. The number of benzene rings is 1. The number of halogens is 1. The number of hydrogen-bond donors (Lipinski definition) is 1. The number of carbonyl (C=O) groups excluding carboxylic acids is 2. The van der Waals surface area contributed by atoms with Crippen LogP contribution in [0, 0.1) is 24.6 Å². The van der Waals surface area contributed by atoms with Gasteiger partial charge >= 0.3 is 0 Å². The Morgan fingerprint density at radius 2 is 2.07 bits per heavy atom.